The van der Waals surface area contributed by atoms with Gasteiger partial charge in [0.15, 0.2) is 5.78 Å². The van der Waals surface area contributed by atoms with Crippen LogP contribution in [0.4, 0.5) is 0 Å². The molecule has 0 saturated carbocycles. The smallest absolute Gasteiger partial charge is 0.159 e. The van der Waals surface area contributed by atoms with Crippen molar-refractivity contribution in [3.8, 4) is 17.6 Å². The number of ether oxygens (including phenoxy) is 1. The fourth-order valence-electron chi connectivity index (χ4n) is 1.21. The van der Waals surface area contributed by atoms with Crippen LogP contribution in [0.2, 0.25) is 0 Å². The molecule has 2 heteroatoms. The molecule has 17 heavy (non-hydrogen) atoms. The summed E-state index contributed by atoms with van der Waals surface area (Å²) in [5.74, 6) is 6.86. The molecule has 0 fully saturated rings. The molecule has 0 N–H and O–H groups in total. The number of hydrogen-bond acceptors (Lipinski definition) is 2. The Kier molecular flexibility index (Phi) is 4.34. The summed E-state index contributed by atoms with van der Waals surface area (Å²) in [6.07, 6.45) is 0. The summed E-state index contributed by atoms with van der Waals surface area (Å²) in [6, 6.07) is 7.09. The van der Waals surface area contributed by atoms with E-state index in [9.17, 15) is 4.79 Å². The van der Waals surface area contributed by atoms with E-state index in [0.717, 1.165) is 5.75 Å². The number of carbonyl (C=O) groups is 1. The molecular weight excluding hydrogens is 212 g/mol. The molecule has 0 amide bonds. The first-order valence-electron chi connectivity index (χ1n) is 5.62. The Labute approximate surface area is 103 Å². The summed E-state index contributed by atoms with van der Waals surface area (Å²) >= 11 is 0. The van der Waals surface area contributed by atoms with Gasteiger partial charge in [-0.3, -0.25) is 4.79 Å². The van der Waals surface area contributed by atoms with E-state index in [1.807, 2.05) is 0 Å². The van der Waals surface area contributed by atoms with E-state index in [-0.39, 0.29) is 11.2 Å². The first-order chi connectivity index (χ1) is 7.88. The number of Topliss-reactive ketones (excluding diaryl/α,β-unsaturated/α-hetero) is 1. The van der Waals surface area contributed by atoms with Gasteiger partial charge in [-0.05, 0) is 52.0 Å². The van der Waals surface area contributed by atoms with Gasteiger partial charge >= 0.3 is 0 Å². The van der Waals surface area contributed by atoms with Crippen molar-refractivity contribution in [1.29, 1.82) is 0 Å². The maximum atomic E-state index is 11.1. The van der Waals surface area contributed by atoms with Crippen LogP contribution in [-0.4, -0.2) is 12.4 Å². The molecule has 90 valence electrons. The van der Waals surface area contributed by atoms with Crippen LogP contribution in [0.25, 0.3) is 0 Å². The van der Waals surface area contributed by atoms with Crippen LogP contribution in [0.15, 0.2) is 24.3 Å². The molecule has 1 aromatic carbocycles. The molecule has 0 aliphatic rings. The second-order valence-electron chi connectivity index (χ2n) is 4.92. The number of benzene rings is 1. The highest BCUT2D eigenvalue weighted by molar-refractivity contribution is 5.94. The van der Waals surface area contributed by atoms with Crippen LogP contribution in [0, 0.1) is 17.3 Å². The average Bonchev–Trinajstić information content (AvgIpc) is 2.24. The van der Waals surface area contributed by atoms with Crippen molar-refractivity contribution < 1.29 is 9.53 Å². The highest BCUT2D eigenvalue weighted by atomic mass is 16.5. The molecule has 0 saturated heterocycles. The maximum absolute atomic E-state index is 11.1. The SMILES string of the molecule is CC(=O)c1ccc(OCC#CC(C)(C)C)cc1. The second-order valence-corrected chi connectivity index (χ2v) is 4.92. The highest BCUT2D eigenvalue weighted by Crippen LogP contribution is 2.13. The Morgan fingerprint density at radius 2 is 1.82 bits per heavy atom. The van der Waals surface area contributed by atoms with Crippen LogP contribution in [0.1, 0.15) is 38.1 Å². The van der Waals surface area contributed by atoms with Gasteiger partial charge in [-0.25, -0.2) is 0 Å². The summed E-state index contributed by atoms with van der Waals surface area (Å²) in [4.78, 5) is 11.1. The van der Waals surface area contributed by atoms with Gasteiger partial charge in [0.25, 0.3) is 0 Å². The summed E-state index contributed by atoms with van der Waals surface area (Å²) < 4.78 is 5.45. The topological polar surface area (TPSA) is 26.3 Å². The van der Waals surface area contributed by atoms with E-state index in [2.05, 4.69) is 32.6 Å². The third kappa shape index (κ3) is 5.21. The van der Waals surface area contributed by atoms with Gasteiger partial charge in [0, 0.05) is 11.0 Å². The minimum atomic E-state index is 0.00183. The summed E-state index contributed by atoms with van der Waals surface area (Å²) in [5, 5.41) is 0. The highest BCUT2D eigenvalue weighted by Gasteiger charge is 2.03. The molecule has 1 aromatic rings. The molecule has 0 atom stereocenters. The monoisotopic (exact) mass is 230 g/mol. The Hall–Kier alpha value is -1.75. The third-order valence-electron chi connectivity index (χ3n) is 2.04. The van der Waals surface area contributed by atoms with Gasteiger partial charge < -0.3 is 4.74 Å². The van der Waals surface area contributed by atoms with Crippen LogP contribution in [0.3, 0.4) is 0 Å². The van der Waals surface area contributed by atoms with E-state index < -0.39 is 0 Å². The van der Waals surface area contributed by atoms with Crippen molar-refractivity contribution >= 4 is 5.78 Å². The first kappa shape index (κ1) is 13.3. The van der Waals surface area contributed by atoms with Crippen LogP contribution >= 0.6 is 0 Å². The van der Waals surface area contributed by atoms with Gasteiger partial charge in [0.2, 0.25) is 0 Å². The van der Waals surface area contributed by atoms with Crippen LogP contribution in [-0.2, 0) is 0 Å². The first-order valence-corrected chi connectivity index (χ1v) is 5.62. The van der Waals surface area contributed by atoms with Gasteiger partial charge in [-0.2, -0.15) is 0 Å². The molecular formula is C15H18O2. The lowest BCUT2D eigenvalue weighted by atomic mass is 9.98. The molecule has 0 spiro atoms. The van der Waals surface area contributed by atoms with E-state index in [1.165, 1.54) is 0 Å². The largest absolute Gasteiger partial charge is 0.481 e. The van der Waals surface area contributed by atoms with Gasteiger partial charge in [-0.15, -0.1) is 0 Å². The molecule has 2 nitrogen and oxygen atoms in total. The fourth-order valence-corrected chi connectivity index (χ4v) is 1.21. The molecule has 0 heterocycles. The van der Waals surface area contributed by atoms with E-state index >= 15 is 0 Å². The van der Waals surface area contributed by atoms with Crippen molar-refractivity contribution in [3.63, 3.8) is 0 Å². The predicted molar refractivity (Wildman–Crippen MR) is 69.2 cm³/mol. The van der Waals surface area contributed by atoms with Crippen LogP contribution in [0.5, 0.6) is 5.75 Å². The minimum absolute atomic E-state index is 0.00183. The second kappa shape index (κ2) is 5.54. The minimum Gasteiger partial charge on any atom is -0.481 e. The maximum Gasteiger partial charge on any atom is 0.159 e. The van der Waals surface area contributed by atoms with Crippen molar-refractivity contribution in [2.75, 3.05) is 6.61 Å². The van der Waals surface area contributed by atoms with Gasteiger partial charge in [0.1, 0.15) is 12.4 Å². The average molecular weight is 230 g/mol. The summed E-state index contributed by atoms with van der Waals surface area (Å²) in [7, 11) is 0. The molecule has 0 bridgehead atoms. The number of ketones is 1. The van der Waals surface area contributed by atoms with Crippen molar-refractivity contribution in [3.05, 3.63) is 29.8 Å². The van der Waals surface area contributed by atoms with Gasteiger partial charge in [0.05, 0.1) is 0 Å². The Bertz CT molecular complexity index is 439. The fraction of sp³-hybridized carbons (Fsp3) is 0.400. The normalized spacial score (nSPS) is 10.4. The number of carbonyl (C=O) groups excluding carboxylic acids is 1. The molecule has 0 aliphatic heterocycles. The van der Waals surface area contributed by atoms with Crippen molar-refractivity contribution in [2.24, 2.45) is 5.41 Å². The van der Waals surface area contributed by atoms with Crippen molar-refractivity contribution in [1.82, 2.24) is 0 Å². The number of rotatable bonds is 3. The molecule has 0 radical (unpaired) electrons. The Morgan fingerprint density at radius 3 is 2.29 bits per heavy atom. The molecule has 0 aromatic heterocycles. The Morgan fingerprint density at radius 1 is 1.24 bits per heavy atom. The van der Waals surface area contributed by atoms with Crippen molar-refractivity contribution in [2.45, 2.75) is 27.7 Å². The predicted octanol–water partition coefficient (Wildman–Crippen LogP) is 3.32. The van der Waals surface area contributed by atoms with E-state index in [4.69, 9.17) is 4.74 Å². The molecule has 0 aliphatic carbocycles. The zero-order valence-corrected chi connectivity index (χ0v) is 10.8. The van der Waals surface area contributed by atoms with Gasteiger partial charge in [-0.1, -0.05) is 11.8 Å². The van der Waals surface area contributed by atoms with Crippen LogP contribution < -0.4 is 4.74 Å². The quantitative estimate of drug-likeness (QED) is 0.588. The van der Waals surface area contributed by atoms with E-state index in [0.29, 0.717) is 12.2 Å². The lowest BCUT2D eigenvalue weighted by molar-refractivity contribution is 0.101. The lowest BCUT2D eigenvalue weighted by Crippen LogP contribution is -2.01. The molecule has 1 rings (SSSR count). The zero-order valence-electron chi connectivity index (χ0n) is 10.8. The van der Waals surface area contributed by atoms with E-state index in [1.54, 1.807) is 31.2 Å². The third-order valence-corrected chi connectivity index (χ3v) is 2.04. The molecule has 0 unspecified atom stereocenters. The summed E-state index contributed by atoms with van der Waals surface area (Å²) in [6.45, 7) is 8.09. The zero-order chi connectivity index (χ0) is 12.9. The lowest BCUT2D eigenvalue weighted by Gasteiger charge is -2.07. The Balaban J connectivity index is 2.53. The standard InChI is InChI=1S/C15H18O2/c1-12(16)13-6-8-14(9-7-13)17-11-5-10-15(2,3)4/h6-9H,11H2,1-4H3. The number of hydrogen-bond donors (Lipinski definition) is 0. The summed E-state index contributed by atoms with van der Waals surface area (Å²) in [5.41, 5.74) is 0.695.